The molecule has 0 aliphatic rings. The third-order valence-electron chi connectivity index (χ3n) is 7.24. The van der Waals surface area contributed by atoms with E-state index >= 15 is 0 Å². The summed E-state index contributed by atoms with van der Waals surface area (Å²) >= 11 is 0. The number of rotatable bonds is 4. The first-order chi connectivity index (χ1) is 22.1. The van der Waals surface area contributed by atoms with E-state index in [0.29, 0.717) is 5.95 Å². The Morgan fingerprint density at radius 1 is 0.625 bits per heavy atom. The normalized spacial score (nSPS) is 11.2. The summed E-state index contributed by atoms with van der Waals surface area (Å²) in [4.78, 5) is 25.2. The van der Waals surface area contributed by atoms with Crippen LogP contribution in [0.5, 0.6) is 0 Å². The van der Waals surface area contributed by atoms with Crippen LogP contribution in [-0.4, -0.2) is 24.9 Å². The maximum atomic E-state index is 5.97. The first kappa shape index (κ1) is 36.1. The Bertz CT molecular complexity index is 2000. The minimum absolute atomic E-state index is 0. The minimum atomic E-state index is -0.201. The van der Waals surface area contributed by atoms with Crippen molar-refractivity contribution in [3.8, 4) is 11.3 Å². The number of para-hydroxylation sites is 2. The second kappa shape index (κ2) is 15.0. The molecule has 0 aliphatic carbocycles. The molecule has 48 heavy (non-hydrogen) atoms. The Morgan fingerprint density at radius 2 is 1.27 bits per heavy atom. The molecule has 0 atom stereocenters. The molecule has 0 radical (unpaired) electrons. The van der Waals surface area contributed by atoms with E-state index in [-0.39, 0.29) is 38.4 Å². The Morgan fingerprint density at radius 3 is 1.88 bits per heavy atom. The van der Waals surface area contributed by atoms with Gasteiger partial charge in [0.2, 0.25) is 5.95 Å². The van der Waals surface area contributed by atoms with Crippen LogP contribution in [0.3, 0.4) is 0 Å². The first-order valence-electron chi connectivity index (χ1n) is 15.3. The molecule has 0 unspecified atom stereocenters. The summed E-state index contributed by atoms with van der Waals surface area (Å²) in [5.74, 6) is 2.82. The van der Waals surface area contributed by atoms with Crippen LogP contribution in [-0.2, 0) is 30.9 Å². The molecule has 244 valence electrons. The summed E-state index contributed by atoms with van der Waals surface area (Å²) in [5.41, 5.74) is 3.97. The van der Waals surface area contributed by atoms with Gasteiger partial charge in [-0.3, -0.25) is 4.90 Å². The average Bonchev–Trinajstić information content (AvgIpc) is 3.45. The van der Waals surface area contributed by atoms with E-state index in [1.54, 1.807) is 12.4 Å². The third-order valence-corrected chi connectivity index (χ3v) is 7.24. The van der Waals surface area contributed by atoms with E-state index in [0.717, 1.165) is 56.3 Å². The zero-order valence-electron chi connectivity index (χ0n) is 28.3. The molecule has 0 fully saturated rings. The number of anilines is 3. The van der Waals surface area contributed by atoms with E-state index in [1.807, 2.05) is 95.9 Å². The molecule has 8 heteroatoms. The molecule has 0 bridgehead atoms. The van der Waals surface area contributed by atoms with Crippen molar-refractivity contribution >= 4 is 39.4 Å². The molecule has 0 spiro atoms. The predicted molar refractivity (Wildman–Crippen MR) is 191 cm³/mol. The molecule has 4 heterocycles. The van der Waals surface area contributed by atoms with Gasteiger partial charge in [-0.05, 0) is 30.0 Å². The minimum Gasteiger partial charge on any atom is -0.501 e. The van der Waals surface area contributed by atoms with Crippen molar-refractivity contribution in [3.63, 3.8) is 0 Å². The zero-order valence-corrected chi connectivity index (χ0v) is 30.7. The van der Waals surface area contributed by atoms with Gasteiger partial charge in [-0.2, -0.15) is 34.2 Å². The molecule has 0 N–H and O–H groups in total. The molecule has 0 aliphatic heterocycles. The summed E-state index contributed by atoms with van der Waals surface area (Å²) in [6.07, 6.45) is 3.55. The number of furan rings is 1. The number of fused-ring (bicyclic) bond motifs is 3. The fourth-order valence-electron chi connectivity index (χ4n) is 4.87. The molecular weight excluding hydrogens is 773 g/mol. The van der Waals surface area contributed by atoms with Crippen molar-refractivity contribution in [2.45, 2.75) is 52.4 Å². The van der Waals surface area contributed by atoms with Crippen LogP contribution < -0.4 is 4.90 Å². The van der Waals surface area contributed by atoms with Gasteiger partial charge in [0.05, 0.1) is 5.58 Å². The number of aromatic nitrogens is 5. The molecule has 7 rings (SSSR count). The maximum absolute atomic E-state index is 5.97. The topological polar surface area (TPSA) is 80.8 Å². The smallest absolute Gasteiger partial charge is 0.501 e. The Labute approximate surface area is 296 Å². The average molecular weight is 812 g/mol. The van der Waals surface area contributed by atoms with Crippen LogP contribution in [0.25, 0.3) is 33.2 Å². The van der Waals surface area contributed by atoms with Gasteiger partial charge in [0.15, 0.2) is 0 Å². The second-order valence-electron chi connectivity index (χ2n) is 13.0. The Balaban J connectivity index is 0.000000218. The van der Waals surface area contributed by atoms with Crippen LogP contribution in [0.15, 0.2) is 114 Å². The molecule has 0 saturated heterocycles. The van der Waals surface area contributed by atoms with Gasteiger partial charge < -0.3 is 16.8 Å². The van der Waals surface area contributed by atoms with Crippen molar-refractivity contribution in [2.24, 2.45) is 0 Å². The first-order valence-corrected chi connectivity index (χ1v) is 15.3. The van der Waals surface area contributed by atoms with Crippen molar-refractivity contribution in [1.82, 2.24) is 24.9 Å². The van der Waals surface area contributed by atoms with Gasteiger partial charge in [-0.15, -0.1) is 24.3 Å². The predicted octanol–water partition coefficient (Wildman–Crippen LogP) is 10.0. The van der Waals surface area contributed by atoms with Crippen LogP contribution in [0.2, 0.25) is 0 Å². The number of pyridine rings is 2. The molecule has 3 aromatic carbocycles. The number of nitrogens with zero attached hydrogens (tertiary/aromatic N) is 6. The Kier molecular flexibility index (Phi) is 11.2. The number of hydrogen-bond donors (Lipinski definition) is 0. The van der Waals surface area contributed by atoms with E-state index in [2.05, 4.69) is 69.7 Å². The fraction of sp³-hybridized carbons (Fsp3) is 0.200. The molecular formula is C40H39IrN6O. The number of hydrogen-bond acceptors (Lipinski definition) is 7. The summed E-state index contributed by atoms with van der Waals surface area (Å²) < 4.78 is 5.97. The summed E-state index contributed by atoms with van der Waals surface area (Å²) in [6, 6.07) is 37.9. The quantitative estimate of drug-likeness (QED) is 0.164. The van der Waals surface area contributed by atoms with Gasteiger partial charge in [0.1, 0.15) is 23.0 Å². The van der Waals surface area contributed by atoms with Gasteiger partial charge in [-0.1, -0.05) is 94.6 Å². The maximum Gasteiger partial charge on any atom is 3.00 e. The van der Waals surface area contributed by atoms with Crippen LogP contribution in [0.1, 0.15) is 53.2 Å². The van der Waals surface area contributed by atoms with Gasteiger partial charge in [0.25, 0.3) is 0 Å². The van der Waals surface area contributed by atoms with Crippen LogP contribution >= 0.6 is 0 Å². The largest absolute Gasteiger partial charge is 3.00 e. The van der Waals surface area contributed by atoms with E-state index in [1.165, 1.54) is 0 Å². The molecule has 4 aromatic heterocycles. The summed E-state index contributed by atoms with van der Waals surface area (Å²) in [7, 11) is 0. The van der Waals surface area contributed by atoms with Crippen molar-refractivity contribution < 1.29 is 24.5 Å². The Hall–Kier alpha value is -4.78. The van der Waals surface area contributed by atoms with E-state index in [4.69, 9.17) is 19.4 Å². The molecule has 0 amide bonds. The van der Waals surface area contributed by atoms with Gasteiger partial charge in [-0.25, -0.2) is 9.97 Å². The summed E-state index contributed by atoms with van der Waals surface area (Å²) in [5, 5.41) is 2.23. The van der Waals surface area contributed by atoms with Gasteiger partial charge in [0, 0.05) is 28.6 Å². The SMILES string of the molecule is CC(C)(C)c1nc(N(c2[c-]cccc2)c2ccccn2)nc(C(C)(C)C)n1.[CH3-].[Ir+3].[c-]1ccc2c(oc3ccccc32)c1-c1ccccn1. The molecule has 7 nitrogen and oxygen atoms in total. The molecule has 7 aromatic rings. The van der Waals surface area contributed by atoms with Crippen molar-refractivity contribution in [2.75, 3.05) is 4.90 Å². The summed E-state index contributed by atoms with van der Waals surface area (Å²) in [6.45, 7) is 12.7. The molecule has 0 saturated carbocycles. The zero-order chi connectivity index (χ0) is 32.3. The van der Waals surface area contributed by atoms with Crippen LogP contribution in [0.4, 0.5) is 17.5 Å². The van der Waals surface area contributed by atoms with Crippen molar-refractivity contribution in [3.05, 3.63) is 141 Å². The third kappa shape index (κ3) is 7.84. The van der Waals surface area contributed by atoms with Crippen LogP contribution in [0, 0.1) is 19.6 Å². The van der Waals surface area contributed by atoms with Gasteiger partial charge >= 0.3 is 20.1 Å². The monoisotopic (exact) mass is 812 g/mol. The fourth-order valence-corrected chi connectivity index (χ4v) is 4.87. The van der Waals surface area contributed by atoms with Crippen molar-refractivity contribution in [1.29, 1.82) is 0 Å². The standard InChI is InChI=1S/C22H26N5.C17H10NO.CH3.Ir/c1-21(2,3)18-24-19(22(4,5)6)26-20(25-18)27(16-12-8-7-9-13-16)17-14-10-11-15-23-17;1-2-10-16-12(6-1)13-7-5-8-14(17(13)19-16)15-9-3-4-11-18-15;;/h7-12,14-15H,1-6H3;1-7,9-11H;1H3;/q3*-1;+3. The second-order valence-corrected chi connectivity index (χ2v) is 13.0. The van der Waals surface area contributed by atoms with E-state index < -0.39 is 0 Å². The number of benzene rings is 3. The van der Waals surface area contributed by atoms with E-state index in [9.17, 15) is 0 Å².